The number of hydrogen-bond donors (Lipinski definition) is 2. The smallest absolute Gasteiger partial charge is 0.0613 e. The van der Waals surface area contributed by atoms with Crippen molar-refractivity contribution in [1.82, 2.24) is 15.1 Å². The van der Waals surface area contributed by atoms with E-state index in [-0.39, 0.29) is 12.1 Å². The monoisotopic (exact) mass is 257 g/mol. The number of likely N-dealkylation sites (tertiary alicyclic amines) is 1. The Bertz CT molecular complexity index is 221. The molecule has 0 aromatic heterocycles. The molecule has 4 nitrogen and oxygen atoms in total. The molecule has 1 aliphatic rings. The van der Waals surface area contributed by atoms with Crippen LogP contribution < -0.4 is 5.32 Å². The van der Waals surface area contributed by atoms with Crippen LogP contribution in [0.2, 0.25) is 0 Å². The first-order valence-electron chi connectivity index (χ1n) is 7.42. The predicted octanol–water partition coefficient (Wildman–Crippen LogP) is 0.765. The van der Waals surface area contributed by atoms with Gasteiger partial charge in [-0.15, -0.1) is 0 Å². The summed E-state index contributed by atoms with van der Waals surface area (Å²) in [6, 6.07) is 0. The third kappa shape index (κ3) is 4.84. The van der Waals surface area contributed by atoms with Crippen LogP contribution in [0.25, 0.3) is 0 Å². The van der Waals surface area contributed by atoms with Crippen LogP contribution in [-0.4, -0.2) is 73.4 Å². The highest BCUT2D eigenvalue weighted by atomic mass is 16.3. The van der Waals surface area contributed by atoms with Crippen LogP contribution >= 0.6 is 0 Å². The van der Waals surface area contributed by atoms with Gasteiger partial charge in [-0.05, 0) is 52.5 Å². The largest absolute Gasteiger partial charge is 0.394 e. The van der Waals surface area contributed by atoms with E-state index in [1.807, 2.05) is 0 Å². The van der Waals surface area contributed by atoms with Gasteiger partial charge in [0.05, 0.1) is 6.61 Å². The van der Waals surface area contributed by atoms with Gasteiger partial charge in [-0.3, -0.25) is 0 Å². The summed E-state index contributed by atoms with van der Waals surface area (Å²) in [4.78, 5) is 4.78. The maximum Gasteiger partial charge on any atom is 0.0613 e. The van der Waals surface area contributed by atoms with Gasteiger partial charge in [0.1, 0.15) is 0 Å². The summed E-state index contributed by atoms with van der Waals surface area (Å²) in [7, 11) is 2.17. The second-order valence-electron chi connectivity index (χ2n) is 5.55. The van der Waals surface area contributed by atoms with E-state index in [4.69, 9.17) is 0 Å². The fourth-order valence-corrected chi connectivity index (χ4v) is 2.74. The first-order valence-corrected chi connectivity index (χ1v) is 7.42. The highest BCUT2D eigenvalue weighted by molar-refractivity contribution is 4.90. The molecule has 0 bridgehead atoms. The van der Waals surface area contributed by atoms with Gasteiger partial charge in [-0.25, -0.2) is 0 Å². The average molecular weight is 257 g/mol. The van der Waals surface area contributed by atoms with Crippen molar-refractivity contribution in [3.8, 4) is 0 Å². The summed E-state index contributed by atoms with van der Waals surface area (Å²) < 4.78 is 0. The summed E-state index contributed by atoms with van der Waals surface area (Å²) in [5.74, 6) is 0. The van der Waals surface area contributed by atoms with Gasteiger partial charge in [0.2, 0.25) is 0 Å². The van der Waals surface area contributed by atoms with Crippen LogP contribution in [0.4, 0.5) is 0 Å². The Labute approximate surface area is 112 Å². The lowest BCUT2D eigenvalue weighted by atomic mass is 9.91. The molecular weight excluding hydrogens is 226 g/mol. The molecule has 0 saturated carbocycles. The Morgan fingerprint density at radius 1 is 1.22 bits per heavy atom. The summed E-state index contributed by atoms with van der Waals surface area (Å²) in [6.45, 7) is 11.2. The van der Waals surface area contributed by atoms with Crippen molar-refractivity contribution in [2.75, 3.05) is 52.9 Å². The van der Waals surface area contributed by atoms with E-state index in [9.17, 15) is 5.11 Å². The SMILES string of the molecule is CCN(CC)CCNC1(CO)CCCN(C)CC1. The van der Waals surface area contributed by atoms with Gasteiger partial charge in [0.25, 0.3) is 0 Å². The van der Waals surface area contributed by atoms with Crippen molar-refractivity contribution >= 4 is 0 Å². The number of aliphatic hydroxyl groups is 1. The second kappa shape index (κ2) is 8.10. The van der Waals surface area contributed by atoms with Crippen LogP contribution in [-0.2, 0) is 0 Å². The molecule has 1 aliphatic heterocycles. The van der Waals surface area contributed by atoms with Crippen LogP contribution in [0.15, 0.2) is 0 Å². The molecule has 0 radical (unpaired) electrons. The second-order valence-corrected chi connectivity index (χ2v) is 5.55. The molecule has 1 heterocycles. The zero-order valence-corrected chi connectivity index (χ0v) is 12.4. The van der Waals surface area contributed by atoms with E-state index in [2.05, 4.69) is 36.0 Å². The summed E-state index contributed by atoms with van der Waals surface area (Å²) in [5, 5.41) is 13.4. The molecule has 18 heavy (non-hydrogen) atoms. The summed E-state index contributed by atoms with van der Waals surface area (Å²) in [6.07, 6.45) is 3.32. The highest BCUT2D eigenvalue weighted by Crippen LogP contribution is 2.21. The minimum Gasteiger partial charge on any atom is -0.394 e. The van der Waals surface area contributed by atoms with Gasteiger partial charge in [0, 0.05) is 18.6 Å². The molecule has 0 aliphatic carbocycles. The number of hydrogen-bond acceptors (Lipinski definition) is 4. The molecule has 1 fully saturated rings. The van der Waals surface area contributed by atoms with Crippen LogP contribution in [0.3, 0.4) is 0 Å². The van der Waals surface area contributed by atoms with Crippen molar-refractivity contribution in [2.24, 2.45) is 0 Å². The fourth-order valence-electron chi connectivity index (χ4n) is 2.74. The standard InChI is InChI=1S/C14H31N3O/c1-4-17(5-2)12-9-15-14(13-18)7-6-10-16(3)11-8-14/h15,18H,4-13H2,1-3H3. The lowest BCUT2D eigenvalue weighted by Crippen LogP contribution is -2.51. The number of rotatable bonds is 7. The molecule has 0 aromatic carbocycles. The Hall–Kier alpha value is -0.160. The summed E-state index contributed by atoms with van der Waals surface area (Å²) in [5.41, 5.74) is -0.0437. The van der Waals surface area contributed by atoms with Crippen molar-refractivity contribution < 1.29 is 5.11 Å². The number of aliphatic hydroxyl groups excluding tert-OH is 1. The Morgan fingerprint density at radius 2 is 1.94 bits per heavy atom. The number of likely N-dealkylation sites (N-methyl/N-ethyl adjacent to an activating group) is 1. The molecule has 0 aromatic rings. The van der Waals surface area contributed by atoms with Gasteiger partial charge < -0.3 is 20.2 Å². The quantitative estimate of drug-likeness (QED) is 0.706. The van der Waals surface area contributed by atoms with Crippen LogP contribution in [0.1, 0.15) is 33.1 Å². The van der Waals surface area contributed by atoms with E-state index >= 15 is 0 Å². The zero-order chi connectivity index (χ0) is 13.4. The van der Waals surface area contributed by atoms with Crippen LogP contribution in [0.5, 0.6) is 0 Å². The molecule has 1 unspecified atom stereocenters. The molecule has 2 N–H and O–H groups in total. The van der Waals surface area contributed by atoms with Crippen molar-refractivity contribution in [1.29, 1.82) is 0 Å². The van der Waals surface area contributed by atoms with E-state index in [1.54, 1.807) is 0 Å². The minimum absolute atomic E-state index is 0.0437. The average Bonchev–Trinajstić information content (AvgIpc) is 2.58. The fraction of sp³-hybridized carbons (Fsp3) is 1.00. The van der Waals surface area contributed by atoms with Gasteiger partial charge in [-0.2, -0.15) is 0 Å². The lowest BCUT2D eigenvalue weighted by Gasteiger charge is -2.33. The molecule has 1 atom stereocenters. The number of nitrogens with one attached hydrogen (secondary N) is 1. The van der Waals surface area contributed by atoms with Crippen molar-refractivity contribution in [2.45, 2.75) is 38.6 Å². The Kier molecular flexibility index (Phi) is 7.15. The zero-order valence-electron chi connectivity index (χ0n) is 12.4. The van der Waals surface area contributed by atoms with E-state index in [0.717, 1.165) is 52.1 Å². The van der Waals surface area contributed by atoms with Crippen molar-refractivity contribution in [3.63, 3.8) is 0 Å². The van der Waals surface area contributed by atoms with Gasteiger partial charge in [-0.1, -0.05) is 13.8 Å². The topological polar surface area (TPSA) is 38.7 Å². The maximum absolute atomic E-state index is 9.74. The van der Waals surface area contributed by atoms with E-state index < -0.39 is 0 Å². The first-order chi connectivity index (χ1) is 8.65. The van der Waals surface area contributed by atoms with E-state index in [0.29, 0.717) is 0 Å². The highest BCUT2D eigenvalue weighted by Gasteiger charge is 2.30. The summed E-state index contributed by atoms with van der Waals surface area (Å²) >= 11 is 0. The molecular formula is C14H31N3O. The third-order valence-electron chi connectivity index (χ3n) is 4.29. The Morgan fingerprint density at radius 3 is 2.56 bits per heavy atom. The predicted molar refractivity (Wildman–Crippen MR) is 77.0 cm³/mol. The molecule has 0 spiro atoms. The normalized spacial score (nSPS) is 26.5. The van der Waals surface area contributed by atoms with Gasteiger partial charge >= 0.3 is 0 Å². The maximum atomic E-state index is 9.74. The number of nitrogens with zero attached hydrogens (tertiary/aromatic N) is 2. The Balaban J connectivity index is 2.39. The molecule has 1 saturated heterocycles. The molecule has 0 amide bonds. The van der Waals surface area contributed by atoms with Crippen molar-refractivity contribution in [3.05, 3.63) is 0 Å². The molecule has 1 rings (SSSR count). The molecule has 4 heteroatoms. The van der Waals surface area contributed by atoms with E-state index in [1.165, 1.54) is 6.42 Å². The molecule has 108 valence electrons. The minimum atomic E-state index is -0.0437. The van der Waals surface area contributed by atoms with Crippen LogP contribution in [0, 0.1) is 0 Å². The third-order valence-corrected chi connectivity index (χ3v) is 4.29. The van der Waals surface area contributed by atoms with Gasteiger partial charge in [0.15, 0.2) is 0 Å². The lowest BCUT2D eigenvalue weighted by molar-refractivity contribution is 0.139. The first kappa shape index (κ1) is 15.9.